The van der Waals surface area contributed by atoms with Crippen LogP contribution in [0.5, 0.6) is 0 Å². The van der Waals surface area contributed by atoms with Crippen LogP contribution in [0.15, 0.2) is 199 Å². The Morgan fingerprint density at radius 2 is 0.845 bits per heavy atom. The predicted octanol–water partition coefficient (Wildman–Crippen LogP) is 16.0. The molecule has 12 rings (SSSR count). The third-order valence-electron chi connectivity index (χ3n) is 12.8. The molecule has 0 aliphatic heterocycles. The maximum Gasteiger partial charge on any atom is 0.143 e. The van der Waals surface area contributed by atoms with Gasteiger partial charge >= 0.3 is 0 Å². The number of rotatable bonds is 4. The van der Waals surface area contributed by atoms with E-state index in [0.717, 1.165) is 33.1 Å². The Labute approximate surface area is 337 Å². The smallest absolute Gasteiger partial charge is 0.143 e. The van der Waals surface area contributed by atoms with Crippen molar-refractivity contribution in [3.05, 3.63) is 205 Å². The highest BCUT2D eigenvalue weighted by atomic mass is 16.3. The summed E-state index contributed by atoms with van der Waals surface area (Å²) in [6.07, 6.45) is 0. The van der Waals surface area contributed by atoms with Gasteiger partial charge in [0.15, 0.2) is 0 Å². The van der Waals surface area contributed by atoms with Crippen molar-refractivity contribution in [1.82, 2.24) is 0 Å². The fourth-order valence-electron chi connectivity index (χ4n) is 10.4. The van der Waals surface area contributed by atoms with Crippen LogP contribution in [-0.2, 0) is 5.41 Å². The van der Waals surface area contributed by atoms with E-state index in [1.807, 2.05) is 12.1 Å². The Kier molecular flexibility index (Phi) is 7.04. The SMILES string of the molecule is CC1(C)c2c(-c3cccc(-c4c5ccccc5c(-c5ccc(-c6cccc7c6oc6ccccc67)cc5)c5ccccc45)c3)cccc2-c2ccc3ccccc3c21. The summed E-state index contributed by atoms with van der Waals surface area (Å²) in [4.78, 5) is 0. The monoisotopic (exact) mass is 738 g/mol. The average molecular weight is 739 g/mol. The molecule has 272 valence electrons. The van der Waals surface area contributed by atoms with Gasteiger partial charge in [0.2, 0.25) is 0 Å². The molecule has 1 nitrogen and oxygen atoms in total. The molecule has 1 heteroatoms. The molecule has 0 radical (unpaired) electrons. The number of benzene rings is 10. The van der Waals surface area contributed by atoms with Crippen LogP contribution >= 0.6 is 0 Å². The van der Waals surface area contributed by atoms with E-state index in [1.54, 1.807) is 0 Å². The molecule has 0 amide bonds. The maximum atomic E-state index is 6.42. The van der Waals surface area contributed by atoms with Crippen molar-refractivity contribution in [1.29, 1.82) is 0 Å². The molecule has 58 heavy (non-hydrogen) atoms. The minimum absolute atomic E-state index is 0.159. The zero-order chi connectivity index (χ0) is 38.5. The number of fused-ring (bicyclic) bond motifs is 10. The predicted molar refractivity (Wildman–Crippen MR) is 246 cm³/mol. The van der Waals surface area contributed by atoms with Crippen molar-refractivity contribution in [2.45, 2.75) is 19.3 Å². The molecule has 0 bridgehead atoms. The van der Waals surface area contributed by atoms with Crippen molar-refractivity contribution in [2.75, 3.05) is 0 Å². The molecule has 0 unspecified atom stereocenters. The standard InChI is InChI=1S/C57H38O/c1-57(2)54-40-17-4-3-14-35(40)32-33-49(54)48-25-12-23-41(55(48)57)38-15-11-16-39(34-38)53-46-21-7-5-19-44(46)52(45-20-6-8-22-47(45)53)37-30-28-36(29-31-37)42-24-13-26-50-43-18-9-10-27-51(43)58-56(42)50/h3-34H,1-2H3. The minimum Gasteiger partial charge on any atom is -0.455 e. The van der Waals surface area contributed by atoms with Gasteiger partial charge in [0.25, 0.3) is 0 Å². The van der Waals surface area contributed by atoms with E-state index in [-0.39, 0.29) is 5.41 Å². The van der Waals surface area contributed by atoms with Gasteiger partial charge in [-0.15, -0.1) is 0 Å². The van der Waals surface area contributed by atoms with Crippen LogP contribution in [0, 0.1) is 0 Å². The molecule has 0 atom stereocenters. The quantitative estimate of drug-likeness (QED) is 0.164. The van der Waals surface area contributed by atoms with E-state index >= 15 is 0 Å². The second kappa shape index (κ2) is 12.4. The Morgan fingerprint density at radius 1 is 0.328 bits per heavy atom. The van der Waals surface area contributed by atoms with Crippen molar-refractivity contribution in [2.24, 2.45) is 0 Å². The molecular formula is C57H38O. The van der Waals surface area contributed by atoms with Gasteiger partial charge in [0, 0.05) is 21.8 Å². The Balaban J connectivity index is 1.01. The second-order valence-electron chi connectivity index (χ2n) is 16.3. The second-order valence-corrected chi connectivity index (χ2v) is 16.3. The zero-order valence-electron chi connectivity index (χ0n) is 32.4. The van der Waals surface area contributed by atoms with Gasteiger partial charge in [-0.25, -0.2) is 0 Å². The van der Waals surface area contributed by atoms with Gasteiger partial charge in [0.05, 0.1) is 0 Å². The van der Waals surface area contributed by atoms with Crippen molar-refractivity contribution in [3.8, 4) is 55.6 Å². The van der Waals surface area contributed by atoms with Gasteiger partial charge in [0.1, 0.15) is 11.2 Å². The number of para-hydroxylation sites is 2. The molecule has 0 N–H and O–H groups in total. The van der Waals surface area contributed by atoms with Crippen LogP contribution in [0.3, 0.4) is 0 Å². The summed E-state index contributed by atoms with van der Waals surface area (Å²) in [6, 6.07) is 71.3. The molecular weight excluding hydrogens is 701 g/mol. The minimum atomic E-state index is -0.159. The summed E-state index contributed by atoms with van der Waals surface area (Å²) >= 11 is 0. The normalized spacial score (nSPS) is 13.1. The first kappa shape index (κ1) is 33.0. The Hall–Kier alpha value is -7.22. The summed E-state index contributed by atoms with van der Waals surface area (Å²) in [7, 11) is 0. The molecule has 1 aliphatic carbocycles. The van der Waals surface area contributed by atoms with E-state index in [1.165, 1.54) is 88.0 Å². The molecule has 0 saturated carbocycles. The molecule has 1 heterocycles. The third kappa shape index (κ3) is 4.71. The first-order valence-electron chi connectivity index (χ1n) is 20.3. The van der Waals surface area contributed by atoms with Crippen molar-refractivity contribution < 1.29 is 4.42 Å². The lowest BCUT2D eigenvalue weighted by Crippen LogP contribution is -2.16. The fourth-order valence-corrected chi connectivity index (χ4v) is 10.4. The van der Waals surface area contributed by atoms with Crippen LogP contribution in [0.1, 0.15) is 25.0 Å². The molecule has 11 aromatic rings. The van der Waals surface area contributed by atoms with E-state index in [4.69, 9.17) is 4.42 Å². The topological polar surface area (TPSA) is 13.1 Å². The van der Waals surface area contributed by atoms with Gasteiger partial charge < -0.3 is 4.42 Å². The summed E-state index contributed by atoms with van der Waals surface area (Å²) in [5.41, 5.74) is 17.0. The highest BCUT2D eigenvalue weighted by Crippen LogP contribution is 2.55. The average Bonchev–Trinajstić information content (AvgIpc) is 3.78. The fraction of sp³-hybridized carbons (Fsp3) is 0.0526. The van der Waals surface area contributed by atoms with Gasteiger partial charge in [-0.05, 0) is 106 Å². The van der Waals surface area contributed by atoms with Crippen LogP contribution in [0.4, 0.5) is 0 Å². The lowest BCUT2D eigenvalue weighted by atomic mass is 9.77. The Morgan fingerprint density at radius 3 is 1.59 bits per heavy atom. The van der Waals surface area contributed by atoms with E-state index in [2.05, 4.69) is 196 Å². The lowest BCUT2D eigenvalue weighted by Gasteiger charge is -2.26. The highest BCUT2D eigenvalue weighted by molar-refractivity contribution is 6.21. The summed E-state index contributed by atoms with van der Waals surface area (Å²) in [5.74, 6) is 0. The molecule has 1 aliphatic rings. The zero-order valence-corrected chi connectivity index (χ0v) is 32.4. The molecule has 0 spiro atoms. The summed E-state index contributed by atoms with van der Waals surface area (Å²) < 4.78 is 6.42. The highest BCUT2D eigenvalue weighted by Gasteiger charge is 2.38. The number of hydrogen-bond acceptors (Lipinski definition) is 1. The van der Waals surface area contributed by atoms with Gasteiger partial charge in [-0.3, -0.25) is 0 Å². The first-order chi connectivity index (χ1) is 28.5. The van der Waals surface area contributed by atoms with Crippen LogP contribution in [0.2, 0.25) is 0 Å². The number of furan rings is 1. The van der Waals surface area contributed by atoms with E-state index < -0.39 is 0 Å². The molecule has 10 aromatic carbocycles. The van der Waals surface area contributed by atoms with Crippen LogP contribution in [-0.4, -0.2) is 0 Å². The molecule has 0 saturated heterocycles. The third-order valence-corrected chi connectivity index (χ3v) is 12.8. The summed E-state index contributed by atoms with van der Waals surface area (Å²) in [5, 5.41) is 9.93. The molecule has 1 aromatic heterocycles. The maximum absolute atomic E-state index is 6.42. The lowest BCUT2D eigenvalue weighted by molar-refractivity contribution is 0.668. The van der Waals surface area contributed by atoms with E-state index in [9.17, 15) is 0 Å². The summed E-state index contributed by atoms with van der Waals surface area (Å²) in [6.45, 7) is 4.81. The first-order valence-corrected chi connectivity index (χ1v) is 20.3. The number of hydrogen-bond donors (Lipinski definition) is 0. The largest absolute Gasteiger partial charge is 0.455 e. The van der Waals surface area contributed by atoms with Gasteiger partial charge in [-0.2, -0.15) is 0 Å². The van der Waals surface area contributed by atoms with Crippen molar-refractivity contribution >= 4 is 54.3 Å². The van der Waals surface area contributed by atoms with E-state index in [0.29, 0.717) is 0 Å². The van der Waals surface area contributed by atoms with Crippen LogP contribution in [0.25, 0.3) is 110 Å². The Bertz CT molecular complexity index is 3410. The molecule has 0 fully saturated rings. The van der Waals surface area contributed by atoms with Gasteiger partial charge in [-0.1, -0.05) is 196 Å². The van der Waals surface area contributed by atoms with Crippen molar-refractivity contribution in [3.63, 3.8) is 0 Å². The van der Waals surface area contributed by atoms with Crippen LogP contribution < -0.4 is 0 Å².